The van der Waals surface area contributed by atoms with Crippen LogP contribution in [0.3, 0.4) is 0 Å². The Labute approximate surface area is 128 Å². The highest BCUT2D eigenvalue weighted by Crippen LogP contribution is 2.30. The molecule has 1 saturated carbocycles. The molecule has 1 fully saturated rings. The molecule has 7 heteroatoms. The summed E-state index contributed by atoms with van der Waals surface area (Å²) in [4.78, 5) is 16.4. The fourth-order valence-electron chi connectivity index (χ4n) is 2.99. The quantitative estimate of drug-likeness (QED) is 0.872. The van der Waals surface area contributed by atoms with Crippen LogP contribution in [0.15, 0.2) is 18.7 Å². The molecular formula is C14H18ClN5O. The first-order valence-corrected chi connectivity index (χ1v) is 7.54. The Balaban J connectivity index is 1.79. The monoisotopic (exact) mass is 307 g/mol. The van der Waals surface area contributed by atoms with Crippen molar-refractivity contribution in [1.29, 1.82) is 0 Å². The van der Waals surface area contributed by atoms with Gasteiger partial charge in [-0.25, -0.2) is 4.98 Å². The van der Waals surface area contributed by atoms with E-state index in [9.17, 15) is 0 Å². The molecule has 1 aliphatic carbocycles. The van der Waals surface area contributed by atoms with Crippen LogP contribution in [0.5, 0.6) is 6.01 Å². The number of aromatic nitrogens is 5. The summed E-state index contributed by atoms with van der Waals surface area (Å²) in [7, 11) is 0. The van der Waals surface area contributed by atoms with Gasteiger partial charge in [0.1, 0.15) is 12.4 Å². The van der Waals surface area contributed by atoms with E-state index in [0.29, 0.717) is 17.8 Å². The largest absolute Gasteiger partial charge is 0.460 e. The highest BCUT2D eigenvalue weighted by atomic mass is 35.5. The van der Waals surface area contributed by atoms with E-state index in [0.717, 1.165) is 12.8 Å². The average Bonchev–Trinajstić information content (AvgIpc) is 2.90. The lowest BCUT2D eigenvalue weighted by molar-refractivity contribution is 0.0917. The Morgan fingerprint density at radius 3 is 2.57 bits per heavy atom. The van der Waals surface area contributed by atoms with Crippen molar-refractivity contribution in [2.75, 3.05) is 0 Å². The average molecular weight is 308 g/mol. The highest BCUT2D eigenvalue weighted by molar-refractivity contribution is 6.28. The zero-order valence-electron chi connectivity index (χ0n) is 12.1. The molecule has 6 nitrogen and oxygen atoms in total. The third-order valence-electron chi connectivity index (χ3n) is 3.72. The first-order chi connectivity index (χ1) is 10.1. The van der Waals surface area contributed by atoms with Crippen LogP contribution in [0.1, 0.15) is 33.1 Å². The van der Waals surface area contributed by atoms with Crippen LogP contribution in [0, 0.1) is 11.8 Å². The molecule has 2 atom stereocenters. The smallest absolute Gasteiger partial charge is 0.322 e. The number of hydrogen-bond acceptors (Lipinski definition) is 5. The van der Waals surface area contributed by atoms with Gasteiger partial charge in [-0.3, -0.25) is 4.57 Å². The van der Waals surface area contributed by atoms with Crippen molar-refractivity contribution in [1.82, 2.24) is 24.5 Å². The third kappa shape index (κ3) is 3.50. The van der Waals surface area contributed by atoms with Crippen LogP contribution in [-0.4, -0.2) is 30.6 Å². The third-order valence-corrected chi connectivity index (χ3v) is 3.89. The van der Waals surface area contributed by atoms with Gasteiger partial charge in [0.05, 0.1) is 0 Å². The summed E-state index contributed by atoms with van der Waals surface area (Å²) in [5, 5.41) is 0.126. The number of rotatable bonds is 3. The molecule has 2 heterocycles. The Kier molecular flexibility index (Phi) is 4.05. The van der Waals surface area contributed by atoms with Gasteiger partial charge in [0.15, 0.2) is 0 Å². The molecule has 0 aliphatic heterocycles. The van der Waals surface area contributed by atoms with Gasteiger partial charge < -0.3 is 4.74 Å². The molecule has 1 aliphatic rings. The van der Waals surface area contributed by atoms with Gasteiger partial charge in [-0.1, -0.05) is 13.8 Å². The second kappa shape index (κ2) is 5.97. The van der Waals surface area contributed by atoms with Crippen LogP contribution in [-0.2, 0) is 0 Å². The lowest BCUT2D eigenvalue weighted by Gasteiger charge is -2.30. The normalized spacial score (nSPS) is 25.8. The summed E-state index contributed by atoms with van der Waals surface area (Å²) in [6, 6.07) is 0.282. The predicted molar refractivity (Wildman–Crippen MR) is 78.6 cm³/mol. The SMILES string of the molecule is CC1CC(C)CC(Oc2nc(Cl)nc(-n3ccnc3)n2)C1. The summed E-state index contributed by atoms with van der Waals surface area (Å²) >= 11 is 5.97. The predicted octanol–water partition coefficient (Wildman–Crippen LogP) is 2.91. The van der Waals surface area contributed by atoms with E-state index in [2.05, 4.69) is 33.8 Å². The lowest BCUT2D eigenvalue weighted by Crippen LogP contribution is -2.29. The fourth-order valence-corrected chi connectivity index (χ4v) is 3.13. The maximum Gasteiger partial charge on any atom is 0.322 e. The Morgan fingerprint density at radius 1 is 1.14 bits per heavy atom. The zero-order chi connectivity index (χ0) is 14.8. The van der Waals surface area contributed by atoms with E-state index in [-0.39, 0.29) is 17.4 Å². The van der Waals surface area contributed by atoms with Gasteiger partial charge in [-0.2, -0.15) is 15.0 Å². The number of nitrogens with zero attached hydrogens (tertiary/aromatic N) is 5. The molecule has 0 radical (unpaired) electrons. The first kappa shape index (κ1) is 14.3. The molecule has 0 spiro atoms. The van der Waals surface area contributed by atoms with Gasteiger partial charge in [-0.15, -0.1) is 0 Å². The fraction of sp³-hybridized carbons (Fsp3) is 0.571. The van der Waals surface area contributed by atoms with Gasteiger partial charge in [0.25, 0.3) is 0 Å². The number of ether oxygens (including phenoxy) is 1. The van der Waals surface area contributed by atoms with Crippen molar-refractivity contribution in [2.24, 2.45) is 11.8 Å². The van der Waals surface area contributed by atoms with Crippen molar-refractivity contribution in [3.05, 3.63) is 24.0 Å². The van der Waals surface area contributed by atoms with Crippen LogP contribution < -0.4 is 4.74 Å². The molecular weight excluding hydrogens is 290 g/mol. The molecule has 2 unspecified atom stereocenters. The minimum atomic E-state index is 0.126. The molecule has 0 bridgehead atoms. The number of hydrogen-bond donors (Lipinski definition) is 0. The lowest BCUT2D eigenvalue weighted by atomic mass is 9.82. The molecule has 2 aromatic rings. The van der Waals surface area contributed by atoms with Crippen LogP contribution >= 0.6 is 11.6 Å². The van der Waals surface area contributed by atoms with E-state index in [1.807, 2.05) is 0 Å². The van der Waals surface area contributed by atoms with Crippen LogP contribution in [0.2, 0.25) is 5.28 Å². The van der Waals surface area contributed by atoms with Crippen molar-refractivity contribution < 1.29 is 4.74 Å². The maximum atomic E-state index is 5.97. The minimum absolute atomic E-state index is 0.126. The summed E-state index contributed by atoms with van der Waals surface area (Å²) in [5.41, 5.74) is 0. The number of imidazole rings is 1. The molecule has 2 aromatic heterocycles. The molecule has 3 rings (SSSR count). The molecule has 112 valence electrons. The van der Waals surface area contributed by atoms with E-state index in [4.69, 9.17) is 16.3 Å². The van der Waals surface area contributed by atoms with Crippen molar-refractivity contribution in [2.45, 2.75) is 39.2 Å². The molecule has 0 saturated heterocycles. The van der Waals surface area contributed by atoms with E-state index < -0.39 is 0 Å². The highest BCUT2D eigenvalue weighted by Gasteiger charge is 2.26. The Bertz CT molecular complexity index is 593. The maximum absolute atomic E-state index is 5.97. The van der Waals surface area contributed by atoms with E-state index in [1.165, 1.54) is 6.42 Å². The second-order valence-corrected chi connectivity index (χ2v) is 6.15. The van der Waals surface area contributed by atoms with Crippen LogP contribution in [0.4, 0.5) is 0 Å². The van der Waals surface area contributed by atoms with Crippen molar-refractivity contribution in [3.63, 3.8) is 0 Å². The molecule has 21 heavy (non-hydrogen) atoms. The first-order valence-electron chi connectivity index (χ1n) is 7.16. The second-order valence-electron chi connectivity index (χ2n) is 5.81. The van der Waals surface area contributed by atoms with Gasteiger partial charge in [0.2, 0.25) is 11.2 Å². The minimum Gasteiger partial charge on any atom is -0.460 e. The van der Waals surface area contributed by atoms with E-state index in [1.54, 1.807) is 23.3 Å². The molecule has 0 aromatic carbocycles. The van der Waals surface area contributed by atoms with Crippen molar-refractivity contribution >= 4 is 11.6 Å². The summed E-state index contributed by atoms with van der Waals surface area (Å²) < 4.78 is 7.61. The zero-order valence-corrected chi connectivity index (χ0v) is 12.9. The number of halogens is 1. The Morgan fingerprint density at radius 2 is 1.90 bits per heavy atom. The summed E-state index contributed by atoms with van der Waals surface area (Å²) in [5.74, 6) is 1.73. The van der Waals surface area contributed by atoms with Gasteiger partial charge >= 0.3 is 6.01 Å². The molecule has 0 amide bonds. The summed E-state index contributed by atoms with van der Waals surface area (Å²) in [6.07, 6.45) is 8.45. The van der Waals surface area contributed by atoms with E-state index >= 15 is 0 Å². The molecule has 0 N–H and O–H groups in total. The Hall–Kier alpha value is -1.69. The van der Waals surface area contributed by atoms with Gasteiger partial charge in [-0.05, 0) is 42.7 Å². The van der Waals surface area contributed by atoms with Crippen molar-refractivity contribution in [3.8, 4) is 12.0 Å². The summed E-state index contributed by atoms with van der Waals surface area (Å²) in [6.45, 7) is 4.51. The standard InChI is InChI=1S/C14H18ClN5O/c1-9-5-10(2)7-11(6-9)21-14-18-12(15)17-13(19-14)20-4-3-16-8-20/h3-4,8-11H,5-7H2,1-2H3. The topological polar surface area (TPSA) is 65.7 Å². The van der Waals surface area contributed by atoms with Crippen LogP contribution in [0.25, 0.3) is 5.95 Å². The van der Waals surface area contributed by atoms with Gasteiger partial charge in [0, 0.05) is 12.4 Å².